The van der Waals surface area contributed by atoms with Crippen LogP contribution in [-0.4, -0.2) is 10.7 Å². The third-order valence-electron chi connectivity index (χ3n) is 3.83. The van der Waals surface area contributed by atoms with E-state index in [0.717, 1.165) is 16.7 Å². The maximum atomic E-state index is 12.0. The van der Waals surface area contributed by atoms with E-state index in [1.807, 2.05) is 54.6 Å². The van der Waals surface area contributed by atoms with Crippen LogP contribution in [0.5, 0.6) is 0 Å². The van der Waals surface area contributed by atoms with Crippen LogP contribution in [-0.2, 0) is 0 Å². The van der Waals surface area contributed by atoms with Crippen LogP contribution in [0.25, 0.3) is 22.3 Å². The Morgan fingerprint density at radius 2 is 1.43 bits per heavy atom. The number of benzene rings is 2. The number of hydrogen-bond acceptors (Lipinski definition) is 3. The Balaban J connectivity index is 2.02. The van der Waals surface area contributed by atoms with Crippen molar-refractivity contribution in [3.05, 3.63) is 82.8 Å². The molecule has 4 heteroatoms. The standard InChI is InChI=1S/C19H15NO3/c1-13-17(11-12-20(18(13)21)19(22)23)16-9-7-15(8-10-16)14-5-3-2-4-6-14/h2-12H,1H3,(H,22,23)/p-1. The number of aromatic nitrogens is 1. The molecule has 0 atom stereocenters. The summed E-state index contributed by atoms with van der Waals surface area (Å²) >= 11 is 0. The van der Waals surface area contributed by atoms with Gasteiger partial charge in [-0.3, -0.25) is 9.36 Å². The summed E-state index contributed by atoms with van der Waals surface area (Å²) < 4.78 is 0.581. The fraction of sp³-hybridized carbons (Fsp3) is 0.0526. The van der Waals surface area contributed by atoms with Gasteiger partial charge in [0, 0.05) is 11.8 Å². The second kappa shape index (κ2) is 5.93. The molecule has 0 radical (unpaired) electrons. The zero-order valence-electron chi connectivity index (χ0n) is 12.5. The van der Waals surface area contributed by atoms with Gasteiger partial charge in [-0.15, -0.1) is 0 Å². The maximum absolute atomic E-state index is 12.0. The highest BCUT2D eigenvalue weighted by Gasteiger charge is 2.08. The quantitative estimate of drug-likeness (QED) is 0.731. The van der Waals surface area contributed by atoms with Gasteiger partial charge in [-0.2, -0.15) is 0 Å². The molecule has 0 N–H and O–H groups in total. The number of pyridine rings is 1. The molecule has 0 saturated carbocycles. The van der Waals surface area contributed by atoms with Crippen molar-refractivity contribution in [2.75, 3.05) is 0 Å². The Labute approximate surface area is 133 Å². The van der Waals surface area contributed by atoms with Crippen molar-refractivity contribution in [3.8, 4) is 22.3 Å². The number of carbonyl (C=O) groups excluding carboxylic acids is 1. The molecule has 0 amide bonds. The second-order valence-electron chi connectivity index (χ2n) is 5.24. The first-order chi connectivity index (χ1) is 11.1. The van der Waals surface area contributed by atoms with E-state index in [4.69, 9.17) is 0 Å². The normalized spacial score (nSPS) is 10.5. The number of carboxylic acid groups (broad SMARTS) is 1. The Hall–Kier alpha value is -3.14. The van der Waals surface area contributed by atoms with Gasteiger partial charge in [0.15, 0.2) is 0 Å². The van der Waals surface area contributed by atoms with Gasteiger partial charge >= 0.3 is 0 Å². The molecule has 0 bridgehead atoms. The largest absolute Gasteiger partial charge is 0.529 e. The molecule has 0 aliphatic carbocycles. The summed E-state index contributed by atoms with van der Waals surface area (Å²) in [4.78, 5) is 22.9. The minimum Gasteiger partial charge on any atom is -0.529 e. The van der Waals surface area contributed by atoms with Gasteiger partial charge in [-0.25, -0.2) is 0 Å². The first-order valence-corrected chi connectivity index (χ1v) is 7.17. The SMILES string of the molecule is Cc1c(-c2ccc(-c3ccccc3)cc2)ccn(C(=O)[O-])c1=O. The van der Waals surface area contributed by atoms with Crippen molar-refractivity contribution in [2.24, 2.45) is 0 Å². The Kier molecular flexibility index (Phi) is 3.81. The molecular formula is C19H14NO3-. The van der Waals surface area contributed by atoms with Crippen LogP contribution >= 0.6 is 0 Å². The van der Waals surface area contributed by atoms with E-state index in [1.54, 1.807) is 13.0 Å². The van der Waals surface area contributed by atoms with Crippen molar-refractivity contribution >= 4 is 6.09 Å². The van der Waals surface area contributed by atoms with Crippen LogP contribution in [0.15, 0.2) is 71.7 Å². The fourth-order valence-electron chi connectivity index (χ4n) is 2.57. The van der Waals surface area contributed by atoms with Gasteiger partial charge < -0.3 is 9.90 Å². The molecule has 114 valence electrons. The van der Waals surface area contributed by atoms with Crippen LogP contribution in [0, 0.1) is 6.92 Å². The number of nitrogens with zero attached hydrogens (tertiary/aromatic N) is 1. The molecule has 2 aromatic carbocycles. The zero-order valence-corrected chi connectivity index (χ0v) is 12.5. The minimum absolute atomic E-state index is 0.379. The molecule has 0 spiro atoms. The molecule has 4 nitrogen and oxygen atoms in total. The Bertz CT molecular complexity index is 910. The first-order valence-electron chi connectivity index (χ1n) is 7.17. The smallest absolute Gasteiger partial charge is 0.259 e. The van der Waals surface area contributed by atoms with Crippen LogP contribution in [0.3, 0.4) is 0 Å². The van der Waals surface area contributed by atoms with Crippen molar-refractivity contribution in [1.29, 1.82) is 0 Å². The summed E-state index contributed by atoms with van der Waals surface area (Å²) in [6.45, 7) is 1.61. The molecule has 3 aromatic rings. The zero-order chi connectivity index (χ0) is 16.4. The van der Waals surface area contributed by atoms with E-state index >= 15 is 0 Å². The van der Waals surface area contributed by atoms with E-state index in [9.17, 15) is 14.7 Å². The predicted molar refractivity (Wildman–Crippen MR) is 87.1 cm³/mol. The van der Waals surface area contributed by atoms with Gasteiger partial charge in [-0.05, 0) is 35.2 Å². The number of rotatable bonds is 2. The van der Waals surface area contributed by atoms with Crippen LogP contribution in [0.4, 0.5) is 4.79 Å². The third-order valence-corrected chi connectivity index (χ3v) is 3.83. The topological polar surface area (TPSA) is 62.1 Å². The van der Waals surface area contributed by atoms with Crippen LogP contribution < -0.4 is 10.7 Å². The van der Waals surface area contributed by atoms with Gasteiger partial charge in [0.1, 0.15) is 6.09 Å². The summed E-state index contributed by atoms with van der Waals surface area (Å²) in [6.07, 6.45) is -0.297. The summed E-state index contributed by atoms with van der Waals surface area (Å²) in [6, 6.07) is 19.4. The van der Waals surface area contributed by atoms with E-state index < -0.39 is 11.7 Å². The first kappa shape index (κ1) is 14.8. The van der Waals surface area contributed by atoms with E-state index in [2.05, 4.69) is 0 Å². The second-order valence-corrected chi connectivity index (χ2v) is 5.24. The summed E-state index contributed by atoms with van der Waals surface area (Å²) in [7, 11) is 0. The van der Waals surface area contributed by atoms with Gasteiger partial charge in [0.2, 0.25) is 0 Å². The van der Waals surface area contributed by atoms with Crippen LogP contribution in [0.1, 0.15) is 5.56 Å². The molecule has 0 saturated heterocycles. The molecule has 3 rings (SSSR count). The highest BCUT2D eigenvalue weighted by molar-refractivity contribution is 5.73. The molecule has 23 heavy (non-hydrogen) atoms. The van der Waals surface area contributed by atoms with E-state index in [0.29, 0.717) is 15.7 Å². The van der Waals surface area contributed by atoms with Crippen molar-refractivity contribution in [1.82, 2.24) is 4.57 Å². The lowest BCUT2D eigenvalue weighted by Gasteiger charge is -2.11. The predicted octanol–water partition coefficient (Wildman–Crippen LogP) is 2.68. The number of carbonyl (C=O) groups is 1. The summed E-state index contributed by atoms with van der Waals surface area (Å²) in [5.74, 6) is 0. The molecule has 0 unspecified atom stereocenters. The minimum atomic E-state index is -1.52. The van der Waals surface area contributed by atoms with Gasteiger partial charge in [0.05, 0.1) is 0 Å². The highest BCUT2D eigenvalue weighted by Crippen LogP contribution is 2.25. The molecule has 1 aromatic heterocycles. The monoisotopic (exact) mass is 304 g/mol. The average molecular weight is 304 g/mol. The lowest BCUT2D eigenvalue weighted by molar-refractivity contribution is -0.250. The molecular weight excluding hydrogens is 290 g/mol. The molecule has 1 heterocycles. The fourth-order valence-corrected chi connectivity index (χ4v) is 2.57. The summed E-state index contributed by atoms with van der Waals surface area (Å²) in [5, 5.41) is 10.9. The lowest BCUT2D eigenvalue weighted by atomic mass is 9.98. The maximum Gasteiger partial charge on any atom is 0.259 e. The third kappa shape index (κ3) is 2.79. The van der Waals surface area contributed by atoms with Gasteiger partial charge in [-0.1, -0.05) is 54.6 Å². The van der Waals surface area contributed by atoms with Crippen LogP contribution in [0.2, 0.25) is 0 Å². The Morgan fingerprint density at radius 3 is 2.04 bits per heavy atom. The number of hydrogen-bond donors (Lipinski definition) is 0. The molecule has 0 aliphatic rings. The van der Waals surface area contributed by atoms with Gasteiger partial charge in [0.25, 0.3) is 5.56 Å². The van der Waals surface area contributed by atoms with E-state index in [1.165, 1.54) is 6.20 Å². The average Bonchev–Trinajstić information content (AvgIpc) is 2.58. The van der Waals surface area contributed by atoms with Crippen molar-refractivity contribution < 1.29 is 9.90 Å². The lowest BCUT2D eigenvalue weighted by Crippen LogP contribution is -2.37. The molecule has 0 aliphatic heterocycles. The molecule has 0 fully saturated rings. The Morgan fingerprint density at radius 1 is 0.870 bits per heavy atom. The summed E-state index contributed by atoms with van der Waals surface area (Å²) in [5.41, 5.74) is 3.58. The highest BCUT2D eigenvalue weighted by atomic mass is 16.4. The van der Waals surface area contributed by atoms with Crippen molar-refractivity contribution in [2.45, 2.75) is 6.92 Å². The van der Waals surface area contributed by atoms with E-state index in [-0.39, 0.29) is 0 Å². The van der Waals surface area contributed by atoms with Crippen molar-refractivity contribution in [3.63, 3.8) is 0 Å².